The van der Waals surface area contributed by atoms with Gasteiger partial charge in [0.1, 0.15) is 4.88 Å². The number of carbonyl (C=O) groups excluding carboxylic acids is 1. The standard InChI is InChI=1S/C16H13ClN2OS/c1-11-12(17)5-4-6-13(11)18-16(20)15-14(7-10-21-15)19-8-2-3-9-19/h2-10H,1H3,(H,18,20). The van der Waals surface area contributed by atoms with Crippen LogP contribution >= 0.6 is 22.9 Å². The van der Waals surface area contributed by atoms with E-state index in [0.29, 0.717) is 9.90 Å². The first-order valence-electron chi connectivity index (χ1n) is 6.44. The normalized spacial score (nSPS) is 10.6. The summed E-state index contributed by atoms with van der Waals surface area (Å²) < 4.78 is 1.93. The number of nitrogens with one attached hydrogen (secondary N) is 1. The van der Waals surface area contributed by atoms with Gasteiger partial charge in [0.25, 0.3) is 5.91 Å². The highest BCUT2D eigenvalue weighted by Gasteiger charge is 2.15. The summed E-state index contributed by atoms with van der Waals surface area (Å²) in [7, 11) is 0. The van der Waals surface area contributed by atoms with E-state index in [2.05, 4.69) is 5.32 Å². The van der Waals surface area contributed by atoms with Gasteiger partial charge in [0.2, 0.25) is 0 Å². The number of hydrogen-bond acceptors (Lipinski definition) is 2. The largest absolute Gasteiger partial charge is 0.322 e. The van der Waals surface area contributed by atoms with Crippen molar-refractivity contribution in [3.63, 3.8) is 0 Å². The molecule has 0 bridgehead atoms. The van der Waals surface area contributed by atoms with Gasteiger partial charge in [0.15, 0.2) is 0 Å². The molecule has 0 fully saturated rings. The van der Waals surface area contributed by atoms with Gasteiger partial charge in [-0.2, -0.15) is 0 Å². The zero-order valence-corrected chi connectivity index (χ0v) is 12.9. The van der Waals surface area contributed by atoms with Crippen LogP contribution in [0, 0.1) is 6.92 Å². The van der Waals surface area contributed by atoms with Crippen molar-refractivity contribution in [2.45, 2.75) is 6.92 Å². The van der Waals surface area contributed by atoms with E-state index in [-0.39, 0.29) is 5.91 Å². The Kier molecular flexibility index (Phi) is 3.82. The third-order valence-electron chi connectivity index (χ3n) is 3.25. The van der Waals surface area contributed by atoms with Crippen LogP contribution in [0.3, 0.4) is 0 Å². The van der Waals surface area contributed by atoms with Gasteiger partial charge in [-0.25, -0.2) is 0 Å². The van der Waals surface area contributed by atoms with Crippen LogP contribution in [-0.4, -0.2) is 10.5 Å². The van der Waals surface area contributed by atoms with Crippen molar-refractivity contribution >= 4 is 34.5 Å². The highest BCUT2D eigenvalue weighted by Crippen LogP contribution is 2.26. The molecule has 3 nitrogen and oxygen atoms in total. The van der Waals surface area contributed by atoms with Crippen molar-refractivity contribution in [3.05, 3.63) is 69.6 Å². The number of halogens is 1. The van der Waals surface area contributed by atoms with E-state index in [9.17, 15) is 4.79 Å². The molecule has 1 amide bonds. The molecule has 106 valence electrons. The first kappa shape index (κ1) is 13.9. The first-order valence-corrected chi connectivity index (χ1v) is 7.70. The molecule has 5 heteroatoms. The van der Waals surface area contributed by atoms with Crippen LogP contribution in [0.1, 0.15) is 15.2 Å². The molecular formula is C16H13ClN2OS. The predicted octanol–water partition coefficient (Wildman–Crippen LogP) is 4.75. The van der Waals surface area contributed by atoms with E-state index in [0.717, 1.165) is 16.9 Å². The Morgan fingerprint density at radius 2 is 1.95 bits per heavy atom. The van der Waals surface area contributed by atoms with Crippen molar-refractivity contribution in [2.75, 3.05) is 5.32 Å². The maximum Gasteiger partial charge on any atom is 0.267 e. The maximum atomic E-state index is 12.5. The summed E-state index contributed by atoms with van der Waals surface area (Å²) in [6.45, 7) is 1.89. The Balaban J connectivity index is 1.90. The first-order chi connectivity index (χ1) is 10.2. The molecule has 0 saturated heterocycles. The van der Waals surface area contributed by atoms with E-state index in [1.54, 1.807) is 0 Å². The third kappa shape index (κ3) is 2.73. The average molecular weight is 317 g/mol. The van der Waals surface area contributed by atoms with Crippen molar-refractivity contribution in [1.82, 2.24) is 4.57 Å². The lowest BCUT2D eigenvalue weighted by Gasteiger charge is -2.10. The van der Waals surface area contributed by atoms with Crippen LogP contribution in [0.5, 0.6) is 0 Å². The quantitative estimate of drug-likeness (QED) is 0.743. The molecule has 0 atom stereocenters. The molecular weight excluding hydrogens is 304 g/mol. The van der Waals surface area contributed by atoms with Crippen LogP contribution in [-0.2, 0) is 0 Å². The number of aromatic nitrogens is 1. The fourth-order valence-corrected chi connectivity index (χ4v) is 3.05. The van der Waals surface area contributed by atoms with Gasteiger partial charge in [-0.3, -0.25) is 4.79 Å². The molecule has 2 aromatic heterocycles. The molecule has 0 radical (unpaired) electrons. The second kappa shape index (κ2) is 5.76. The average Bonchev–Trinajstić information content (AvgIpc) is 3.13. The molecule has 0 aliphatic carbocycles. The minimum atomic E-state index is -0.126. The Morgan fingerprint density at radius 1 is 1.19 bits per heavy atom. The van der Waals surface area contributed by atoms with Crippen molar-refractivity contribution in [2.24, 2.45) is 0 Å². The fraction of sp³-hybridized carbons (Fsp3) is 0.0625. The lowest BCUT2D eigenvalue weighted by molar-refractivity contribution is 0.103. The number of benzene rings is 1. The van der Waals surface area contributed by atoms with Gasteiger partial charge in [0.05, 0.1) is 5.69 Å². The van der Waals surface area contributed by atoms with Gasteiger partial charge in [-0.15, -0.1) is 11.3 Å². The van der Waals surface area contributed by atoms with E-state index >= 15 is 0 Å². The number of thiophene rings is 1. The van der Waals surface area contributed by atoms with Gasteiger partial charge >= 0.3 is 0 Å². The van der Waals surface area contributed by atoms with Crippen LogP contribution in [0.2, 0.25) is 5.02 Å². The maximum absolute atomic E-state index is 12.5. The van der Waals surface area contributed by atoms with E-state index in [1.807, 2.05) is 65.7 Å². The van der Waals surface area contributed by atoms with Gasteiger partial charge in [-0.05, 0) is 48.2 Å². The summed E-state index contributed by atoms with van der Waals surface area (Å²) in [5, 5.41) is 5.48. The molecule has 2 heterocycles. The van der Waals surface area contributed by atoms with E-state index < -0.39 is 0 Å². The summed E-state index contributed by atoms with van der Waals surface area (Å²) in [4.78, 5) is 13.2. The molecule has 3 aromatic rings. The molecule has 1 aromatic carbocycles. The van der Waals surface area contributed by atoms with Crippen LogP contribution in [0.15, 0.2) is 54.2 Å². The lowest BCUT2D eigenvalue weighted by Crippen LogP contribution is -2.13. The Bertz CT molecular complexity index is 777. The molecule has 0 aliphatic rings. The third-order valence-corrected chi connectivity index (χ3v) is 4.56. The summed E-state index contributed by atoms with van der Waals surface area (Å²) in [5.74, 6) is -0.126. The predicted molar refractivity (Wildman–Crippen MR) is 87.8 cm³/mol. The molecule has 0 unspecified atom stereocenters. The molecule has 21 heavy (non-hydrogen) atoms. The highest BCUT2D eigenvalue weighted by molar-refractivity contribution is 7.12. The fourth-order valence-electron chi connectivity index (χ4n) is 2.09. The Morgan fingerprint density at radius 3 is 2.71 bits per heavy atom. The minimum absolute atomic E-state index is 0.126. The summed E-state index contributed by atoms with van der Waals surface area (Å²) in [6.07, 6.45) is 3.84. The zero-order valence-electron chi connectivity index (χ0n) is 11.3. The van der Waals surface area contributed by atoms with Gasteiger partial charge < -0.3 is 9.88 Å². The van der Waals surface area contributed by atoms with Crippen molar-refractivity contribution < 1.29 is 4.79 Å². The SMILES string of the molecule is Cc1c(Cl)cccc1NC(=O)c1sccc1-n1cccc1. The number of carbonyl (C=O) groups is 1. The number of hydrogen-bond donors (Lipinski definition) is 1. The highest BCUT2D eigenvalue weighted by atomic mass is 35.5. The molecule has 0 aliphatic heterocycles. The molecule has 3 rings (SSSR count). The van der Waals surface area contributed by atoms with Crippen molar-refractivity contribution in [3.8, 4) is 5.69 Å². The zero-order chi connectivity index (χ0) is 14.8. The summed E-state index contributed by atoms with van der Waals surface area (Å²) in [5.41, 5.74) is 2.48. The minimum Gasteiger partial charge on any atom is -0.322 e. The number of anilines is 1. The van der Waals surface area contributed by atoms with Crippen LogP contribution < -0.4 is 5.32 Å². The summed E-state index contributed by atoms with van der Waals surface area (Å²) in [6, 6.07) is 11.3. The molecule has 0 saturated carbocycles. The second-order valence-electron chi connectivity index (χ2n) is 4.59. The van der Waals surface area contributed by atoms with Crippen molar-refractivity contribution in [1.29, 1.82) is 0 Å². The number of rotatable bonds is 3. The smallest absolute Gasteiger partial charge is 0.267 e. The topological polar surface area (TPSA) is 34.0 Å². The second-order valence-corrected chi connectivity index (χ2v) is 5.92. The Hall–Kier alpha value is -2.04. The molecule has 1 N–H and O–H groups in total. The van der Waals surface area contributed by atoms with E-state index in [4.69, 9.17) is 11.6 Å². The van der Waals surface area contributed by atoms with E-state index in [1.165, 1.54) is 11.3 Å². The van der Waals surface area contributed by atoms with Gasteiger partial charge in [-0.1, -0.05) is 17.7 Å². The number of amides is 1. The Labute approximate surface area is 131 Å². The van der Waals surface area contributed by atoms with Crippen LogP contribution in [0.25, 0.3) is 5.69 Å². The number of nitrogens with zero attached hydrogens (tertiary/aromatic N) is 1. The lowest BCUT2D eigenvalue weighted by atomic mass is 10.2. The van der Waals surface area contributed by atoms with Crippen LogP contribution in [0.4, 0.5) is 5.69 Å². The summed E-state index contributed by atoms with van der Waals surface area (Å²) >= 11 is 7.50. The van der Waals surface area contributed by atoms with Gasteiger partial charge in [0, 0.05) is 23.1 Å². The molecule has 0 spiro atoms. The monoisotopic (exact) mass is 316 g/mol.